The summed E-state index contributed by atoms with van der Waals surface area (Å²) >= 11 is 0. The van der Waals surface area contributed by atoms with Gasteiger partial charge in [0.2, 0.25) is 0 Å². The van der Waals surface area contributed by atoms with Crippen LogP contribution in [0, 0.1) is 5.92 Å². The molecule has 0 aromatic heterocycles. The van der Waals surface area contributed by atoms with Gasteiger partial charge in [0.15, 0.2) is 6.61 Å². The van der Waals surface area contributed by atoms with Gasteiger partial charge in [-0.15, -0.1) is 0 Å². The van der Waals surface area contributed by atoms with Crippen molar-refractivity contribution in [2.75, 3.05) is 25.5 Å². The Hall–Kier alpha value is -1.75. The topological polar surface area (TPSA) is 73.6 Å². The summed E-state index contributed by atoms with van der Waals surface area (Å²) in [6.07, 6.45) is 2.25. The van der Waals surface area contributed by atoms with Gasteiger partial charge in [0.1, 0.15) is 5.75 Å². The molecule has 0 spiro atoms. The zero-order valence-electron chi connectivity index (χ0n) is 11.8. The molecule has 5 heteroatoms. The minimum Gasteiger partial charge on any atom is -0.482 e. The lowest BCUT2D eigenvalue weighted by atomic mass is 10.00. The van der Waals surface area contributed by atoms with Gasteiger partial charge < -0.3 is 20.5 Å². The minimum absolute atomic E-state index is 0.0153. The number of para-hydroxylation sites is 2. The Morgan fingerprint density at radius 2 is 2.30 bits per heavy atom. The number of nitrogen functional groups attached to an aromatic ring is 1. The van der Waals surface area contributed by atoms with Gasteiger partial charge in [-0.3, -0.25) is 4.79 Å². The van der Waals surface area contributed by atoms with Crippen LogP contribution in [0.1, 0.15) is 19.8 Å². The molecular weight excluding hydrogens is 256 g/mol. The normalized spacial score (nSPS) is 21.6. The highest BCUT2D eigenvalue weighted by Crippen LogP contribution is 2.22. The third-order valence-electron chi connectivity index (χ3n) is 3.59. The fourth-order valence-electron chi connectivity index (χ4n) is 2.43. The molecule has 3 N–H and O–H groups in total. The van der Waals surface area contributed by atoms with E-state index in [1.54, 1.807) is 12.1 Å². The van der Waals surface area contributed by atoms with Gasteiger partial charge in [-0.05, 0) is 25.0 Å². The van der Waals surface area contributed by atoms with E-state index in [0.717, 1.165) is 19.4 Å². The lowest BCUT2D eigenvalue weighted by Gasteiger charge is -2.17. The van der Waals surface area contributed by atoms with Crippen LogP contribution < -0.4 is 15.8 Å². The lowest BCUT2D eigenvalue weighted by Crippen LogP contribution is -2.35. The standard InChI is InChI=1S/C15H22N2O3/c1-2-13-11(7-8-19-13)9-17-15(18)10-20-14-6-4-3-5-12(14)16/h3-6,11,13H,2,7-10,16H2,1H3,(H,17,18). The summed E-state index contributed by atoms with van der Waals surface area (Å²) in [5.74, 6) is 0.819. The van der Waals surface area contributed by atoms with Crippen molar-refractivity contribution >= 4 is 11.6 Å². The maximum absolute atomic E-state index is 11.8. The van der Waals surface area contributed by atoms with Crippen LogP contribution >= 0.6 is 0 Å². The second kappa shape index (κ2) is 7.14. The number of carbonyl (C=O) groups excluding carboxylic acids is 1. The average Bonchev–Trinajstić information content (AvgIpc) is 2.91. The van der Waals surface area contributed by atoms with Crippen molar-refractivity contribution in [3.05, 3.63) is 24.3 Å². The third-order valence-corrected chi connectivity index (χ3v) is 3.59. The average molecular weight is 278 g/mol. The molecular formula is C15H22N2O3. The van der Waals surface area contributed by atoms with Crippen LogP contribution in [0.4, 0.5) is 5.69 Å². The number of hydrogen-bond acceptors (Lipinski definition) is 4. The maximum Gasteiger partial charge on any atom is 0.257 e. The number of ether oxygens (including phenoxy) is 2. The van der Waals surface area contributed by atoms with E-state index < -0.39 is 0 Å². The predicted molar refractivity (Wildman–Crippen MR) is 77.5 cm³/mol. The molecule has 1 aliphatic rings. The van der Waals surface area contributed by atoms with Crippen LogP contribution in [-0.2, 0) is 9.53 Å². The van der Waals surface area contributed by atoms with Crippen molar-refractivity contribution in [2.45, 2.75) is 25.9 Å². The summed E-state index contributed by atoms with van der Waals surface area (Å²) in [5, 5.41) is 2.89. The van der Waals surface area contributed by atoms with Crippen LogP contribution in [0.2, 0.25) is 0 Å². The van der Waals surface area contributed by atoms with Crippen molar-refractivity contribution in [1.82, 2.24) is 5.32 Å². The summed E-state index contributed by atoms with van der Waals surface area (Å²) in [5.41, 5.74) is 6.28. The van der Waals surface area contributed by atoms with E-state index in [4.69, 9.17) is 15.2 Å². The Balaban J connectivity index is 1.72. The van der Waals surface area contributed by atoms with Gasteiger partial charge in [0, 0.05) is 19.1 Å². The molecule has 20 heavy (non-hydrogen) atoms. The van der Waals surface area contributed by atoms with Crippen LogP contribution in [-0.4, -0.2) is 31.8 Å². The number of rotatable bonds is 6. The third kappa shape index (κ3) is 3.87. The number of nitrogens with one attached hydrogen (secondary N) is 1. The molecule has 1 aliphatic heterocycles. The number of benzene rings is 1. The van der Waals surface area contributed by atoms with Gasteiger partial charge in [-0.25, -0.2) is 0 Å². The molecule has 110 valence electrons. The maximum atomic E-state index is 11.8. The second-order valence-electron chi connectivity index (χ2n) is 5.00. The predicted octanol–water partition coefficient (Wildman–Crippen LogP) is 1.58. The van der Waals surface area contributed by atoms with Crippen LogP contribution in [0.25, 0.3) is 0 Å². The van der Waals surface area contributed by atoms with Crippen molar-refractivity contribution in [3.63, 3.8) is 0 Å². The summed E-state index contributed by atoms with van der Waals surface area (Å²) in [4.78, 5) is 11.8. The fourth-order valence-corrected chi connectivity index (χ4v) is 2.43. The summed E-state index contributed by atoms with van der Waals surface area (Å²) < 4.78 is 11.0. The first-order valence-corrected chi connectivity index (χ1v) is 7.06. The molecule has 0 radical (unpaired) electrons. The molecule has 1 saturated heterocycles. The van der Waals surface area contributed by atoms with Crippen molar-refractivity contribution in [1.29, 1.82) is 0 Å². The van der Waals surface area contributed by atoms with Gasteiger partial charge in [-0.2, -0.15) is 0 Å². The van der Waals surface area contributed by atoms with Crippen molar-refractivity contribution in [3.8, 4) is 5.75 Å². The molecule has 0 saturated carbocycles. The smallest absolute Gasteiger partial charge is 0.257 e. The first-order valence-electron chi connectivity index (χ1n) is 7.06. The van der Waals surface area contributed by atoms with Gasteiger partial charge in [0.05, 0.1) is 11.8 Å². The first-order chi connectivity index (χ1) is 9.70. The van der Waals surface area contributed by atoms with Gasteiger partial charge >= 0.3 is 0 Å². The Morgan fingerprint density at radius 3 is 3.05 bits per heavy atom. The van der Waals surface area contributed by atoms with Gasteiger partial charge in [0.25, 0.3) is 5.91 Å². The van der Waals surface area contributed by atoms with E-state index in [-0.39, 0.29) is 18.6 Å². The van der Waals surface area contributed by atoms with Gasteiger partial charge in [-0.1, -0.05) is 19.1 Å². The molecule has 5 nitrogen and oxygen atoms in total. The molecule has 2 rings (SSSR count). The molecule has 0 aliphatic carbocycles. The van der Waals surface area contributed by atoms with E-state index in [2.05, 4.69) is 12.2 Å². The summed E-state index contributed by atoms with van der Waals surface area (Å²) in [7, 11) is 0. The van der Waals surface area contributed by atoms with E-state index in [1.807, 2.05) is 12.1 Å². The molecule has 1 amide bonds. The lowest BCUT2D eigenvalue weighted by molar-refractivity contribution is -0.123. The van der Waals surface area contributed by atoms with E-state index >= 15 is 0 Å². The quantitative estimate of drug-likeness (QED) is 0.775. The summed E-state index contributed by atoms with van der Waals surface area (Å²) in [6, 6.07) is 7.15. The molecule has 1 aromatic rings. The van der Waals surface area contributed by atoms with E-state index in [9.17, 15) is 4.79 Å². The zero-order chi connectivity index (χ0) is 14.4. The van der Waals surface area contributed by atoms with Crippen molar-refractivity contribution < 1.29 is 14.3 Å². The Bertz CT molecular complexity index is 450. The first kappa shape index (κ1) is 14.7. The van der Waals surface area contributed by atoms with E-state index in [0.29, 0.717) is 23.9 Å². The molecule has 2 atom stereocenters. The van der Waals surface area contributed by atoms with Crippen LogP contribution in [0.15, 0.2) is 24.3 Å². The highest BCUT2D eigenvalue weighted by molar-refractivity contribution is 5.77. The Labute approximate surface area is 119 Å². The largest absolute Gasteiger partial charge is 0.482 e. The van der Waals surface area contributed by atoms with Crippen molar-refractivity contribution in [2.24, 2.45) is 5.92 Å². The van der Waals surface area contributed by atoms with Crippen LogP contribution in [0.3, 0.4) is 0 Å². The number of amides is 1. The highest BCUT2D eigenvalue weighted by Gasteiger charge is 2.26. The monoisotopic (exact) mass is 278 g/mol. The SMILES string of the molecule is CCC1OCCC1CNC(=O)COc1ccccc1N. The number of hydrogen-bond donors (Lipinski definition) is 2. The minimum atomic E-state index is -0.130. The highest BCUT2D eigenvalue weighted by atomic mass is 16.5. The molecule has 1 fully saturated rings. The molecule has 0 bridgehead atoms. The molecule has 1 heterocycles. The van der Waals surface area contributed by atoms with Crippen LogP contribution in [0.5, 0.6) is 5.75 Å². The zero-order valence-corrected chi connectivity index (χ0v) is 11.8. The summed E-state index contributed by atoms with van der Waals surface area (Å²) in [6.45, 7) is 3.52. The number of nitrogens with two attached hydrogens (primary N) is 1. The Morgan fingerprint density at radius 1 is 1.50 bits per heavy atom. The number of anilines is 1. The molecule has 1 aromatic carbocycles. The second-order valence-corrected chi connectivity index (χ2v) is 5.00. The fraction of sp³-hybridized carbons (Fsp3) is 0.533. The Kier molecular flexibility index (Phi) is 5.24. The van der Waals surface area contributed by atoms with E-state index in [1.165, 1.54) is 0 Å². The molecule has 2 unspecified atom stereocenters. The number of carbonyl (C=O) groups is 1.